The summed E-state index contributed by atoms with van der Waals surface area (Å²) < 4.78 is 30.6. The van der Waals surface area contributed by atoms with Crippen LogP contribution in [-0.4, -0.2) is 33.4 Å². The standard InChI is InChI=1S/C16H18N2O5S2/c1-11(15(19)18-10-13-4-3-9-24-13)23-16(20)12-5-7-14(8-6-12)25(21,22)17-2/h3-9,11,17H,10H2,1-2H3,(H,18,19). The van der Waals surface area contributed by atoms with Crippen molar-refractivity contribution in [1.29, 1.82) is 0 Å². The zero-order valence-corrected chi connectivity index (χ0v) is 15.3. The van der Waals surface area contributed by atoms with Crippen molar-refractivity contribution in [3.8, 4) is 0 Å². The van der Waals surface area contributed by atoms with Crippen LogP contribution in [-0.2, 0) is 26.1 Å². The Labute approximate surface area is 150 Å². The third kappa shape index (κ3) is 5.12. The number of esters is 1. The van der Waals surface area contributed by atoms with Crippen LogP contribution in [0.3, 0.4) is 0 Å². The number of thiophene rings is 1. The molecule has 2 rings (SSSR count). The Morgan fingerprint density at radius 1 is 1.20 bits per heavy atom. The summed E-state index contributed by atoms with van der Waals surface area (Å²) in [6, 6.07) is 9.04. The van der Waals surface area contributed by atoms with Crippen LogP contribution >= 0.6 is 11.3 Å². The van der Waals surface area contributed by atoms with Gasteiger partial charge >= 0.3 is 5.97 Å². The first-order valence-corrected chi connectivity index (χ1v) is 9.74. The topological polar surface area (TPSA) is 102 Å². The summed E-state index contributed by atoms with van der Waals surface area (Å²) in [6.07, 6.45) is -0.965. The molecule has 25 heavy (non-hydrogen) atoms. The number of benzene rings is 1. The fourth-order valence-electron chi connectivity index (χ4n) is 1.90. The van der Waals surface area contributed by atoms with E-state index in [-0.39, 0.29) is 10.5 Å². The van der Waals surface area contributed by atoms with Gasteiger partial charge in [0.05, 0.1) is 17.0 Å². The number of amides is 1. The van der Waals surface area contributed by atoms with Crippen molar-refractivity contribution in [1.82, 2.24) is 10.0 Å². The molecule has 0 spiro atoms. The number of ether oxygens (including phenoxy) is 1. The molecule has 0 aliphatic rings. The zero-order valence-electron chi connectivity index (χ0n) is 13.7. The second-order valence-corrected chi connectivity index (χ2v) is 8.00. The van der Waals surface area contributed by atoms with Crippen LogP contribution < -0.4 is 10.0 Å². The quantitative estimate of drug-likeness (QED) is 0.707. The predicted octanol–water partition coefficient (Wildman–Crippen LogP) is 1.52. The Morgan fingerprint density at radius 2 is 1.88 bits per heavy atom. The van der Waals surface area contributed by atoms with E-state index in [1.54, 1.807) is 0 Å². The molecule has 1 heterocycles. The van der Waals surface area contributed by atoms with Gasteiger partial charge < -0.3 is 10.1 Å². The van der Waals surface area contributed by atoms with Crippen LogP contribution in [0, 0.1) is 0 Å². The normalized spacial score (nSPS) is 12.4. The van der Waals surface area contributed by atoms with Crippen molar-refractivity contribution in [3.05, 3.63) is 52.2 Å². The molecule has 0 bridgehead atoms. The van der Waals surface area contributed by atoms with E-state index < -0.39 is 28.0 Å². The monoisotopic (exact) mass is 382 g/mol. The second kappa shape index (κ2) is 8.24. The summed E-state index contributed by atoms with van der Waals surface area (Å²) in [4.78, 5) is 25.0. The number of nitrogens with one attached hydrogen (secondary N) is 2. The lowest BCUT2D eigenvalue weighted by Gasteiger charge is -2.13. The second-order valence-electron chi connectivity index (χ2n) is 5.08. The fourth-order valence-corrected chi connectivity index (χ4v) is 3.28. The van der Waals surface area contributed by atoms with E-state index in [1.807, 2.05) is 17.5 Å². The number of hydrogen-bond donors (Lipinski definition) is 2. The molecule has 0 aliphatic heterocycles. The highest BCUT2D eigenvalue weighted by Gasteiger charge is 2.19. The molecule has 1 unspecified atom stereocenters. The van der Waals surface area contributed by atoms with Crippen LogP contribution in [0.1, 0.15) is 22.2 Å². The Morgan fingerprint density at radius 3 is 2.44 bits per heavy atom. The molecule has 0 aliphatic carbocycles. The van der Waals surface area contributed by atoms with Crippen LogP contribution in [0.4, 0.5) is 0 Å². The van der Waals surface area contributed by atoms with Gasteiger partial charge in [0.25, 0.3) is 5.91 Å². The first-order valence-electron chi connectivity index (χ1n) is 7.38. The van der Waals surface area contributed by atoms with Crippen LogP contribution in [0.2, 0.25) is 0 Å². The van der Waals surface area contributed by atoms with E-state index in [0.29, 0.717) is 6.54 Å². The summed E-state index contributed by atoms with van der Waals surface area (Å²) >= 11 is 1.52. The van der Waals surface area contributed by atoms with E-state index in [1.165, 1.54) is 49.6 Å². The minimum Gasteiger partial charge on any atom is -0.449 e. The van der Waals surface area contributed by atoms with Gasteiger partial charge in [-0.25, -0.2) is 17.9 Å². The number of sulfonamides is 1. The van der Waals surface area contributed by atoms with Gasteiger partial charge in [-0.2, -0.15) is 0 Å². The molecular formula is C16H18N2O5S2. The maximum absolute atomic E-state index is 12.1. The molecule has 134 valence electrons. The highest BCUT2D eigenvalue weighted by atomic mass is 32.2. The summed E-state index contributed by atoms with van der Waals surface area (Å²) in [7, 11) is -2.27. The Hall–Kier alpha value is -2.23. The molecule has 0 saturated heterocycles. The smallest absolute Gasteiger partial charge is 0.338 e. The zero-order chi connectivity index (χ0) is 18.4. The van der Waals surface area contributed by atoms with Crippen LogP contribution in [0.15, 0.2) is 46.7 Å². The molecule has 9 heteroatoms. The summed E-state index contributed by atoms with van der Waals surface area (Å²) in [5, 5.41) is 4.59. The molecule has 0 saturated carbocycles. The van der Waals surface area contributed by atoms with Gasteiger partial charge in [0, 0.05) is 4.88 Å². The minimum absolute atomic E-state index is 0.0355. The lowest BCUT2D eigenvalue weighted by atomic mass is 10.2. The lowest BCUT2D eigenvalue weighted by Crippen LogP contribution is -2.35. The van der Waals surface area contributed by atoms with E-state index in [4.69, 9.17) is 4.74 Å². The highest BCUT2D eigenvalue weighted by molar-refractivity contribution is 7.89. The van der Waals surface area contributed by atoms with Crippen molar-refractivity contribution >= 4 is 33.2 Å². The average Bonchev–Trinajstić information content (AvgIpc) is 3.13. The van der Waals surface area contributed by atoms with E-state index in [9.17, 15) is 18.0 Å². The Kier molecular flexibility index (Phi) is 6.29. The minimum atomic E-state index is -3.57. The van der Waals surface area contributed by atoms with Crippen LogP contribution in [0.5, 0.6) is 0 Å². The summed E-state index contributed by atoms with van der Waals surface area (Å²) in [5.74, 6) is -1.11. The highest BCUT2D eigenvalue weighted by Crippen LogP contribution is 2.12. The molecule has 0 fully saturated rings. The van der Waals surface area contributed by atoms with Crippen molar-refractivity contribution < 1.29 is 22.7 Å². The van der Waals surface area contributed by atoms with E-state index in [0.717, 1.165) is 4.88 Å². The summed E-state index contributed by atoms with van der Waals surface area (Å²) in [5.41, 5.74) is 0.160. The molecule has 1 aromatic carbocycles. The van der Waals surface area contributed by atoms with Crippen molar-refractivity contribution in [2.75, 3.05) is 7.05 Å². The number of hydrogen-bond acceptors (Lipinski definition) is 6. The largest absolute Gasteiger partial charge is 0.449 e. The maximum atomic E-state index is 12.1. The first-order chi connectivity index (χ1) is 11.8. The van der Waals surface area contributed by atoms with Crippen molar-refractivity contribution in [3.63, 3.8) is 0 Å². The lowest BCUT2D eigenvalue weighted by molar-refractivity contribution is -0.129. The third-order valence-electron chi connectivity index (χ3n) is 3.34. The molecule has 1 atom stereocenters. The predicted molar refractivity (Wildman–Crippen MR) is 93.7 cm³/mol. The number of carbonyl (C=O) groups excluding carboxylic acids is 2. The third-order valence-corrected chi connectivity index (χ3v) is 5.65. The Balaban J connectivity index is 1.93. The van der Waals surface area contributed by atoms with Gasteiger partial charge in [-0.05, 0) is 49.7 Å². The van der Waals surface area contributed by atoms with Gasteiger partial charge in [-0.3, -0.25) is 4.79 Å². The van der Waals surface area contributed by atoms with E-state index in [2.05, 4.69) is 10.0 Å². The molecule has 0 radical (unpaired) electrons. The SMILES string of the molecule is CNS(=O)(=O)c1ccc(C(=O)OC(C)C(=O)NCc2cccs2)cc1. The molecule has 2 aromatic rings. The molecule has 1 aromatic heterocycles. The van der Waals surface area contributed by atoms with Gasteiger partial charge in [0.1, 0.15) is 0 Å². The van der Waals surface area contributed by atoms with Gasteiger partial charge in [-0.1, -0.05) is 6.07 Å². The van der Waals surface area contributed by atoms with Gasteiger partial charge in [0.15, 0.2) is 6.10 Å². The van der Waals surface area contributed by atoms with Crippen molar-refractivity contribution in [2.45, 2.75) is 24.5 Å². The van der Waals surface area contributed by atoms with Crippen LogP contribution in [0.25, 0.3) is 0 Å². The maximum Gasteiger partial charge on any atom is 0.338 e. The van der Waals surface area contributed by atoms with E-state index >= 15 is 0 Å². The Bertz CT molecular complexity index is 830. The number of carbonyl (C=O) groups is 2. The summed E-state index contributed by atoms with van der Waals surface area (Å²) in [6.45, 7) is 1.84. The molecular weight excluding hydrogens is 364 g/mol. The fraction of sp³-hybridized carbons (Fsp3) is 0.250. The van der Waals surface area contributed by atoms with Crippen molar-refractivity contribution in [2.24, 2.45) is 0 Å². The molecule has 1 amide bonds. The molecule has 2 N–H and O–H groups in total. The first kappa shape index (κ1) is 19.1. The van der Waals surface area contributed by atoms with Gasteiger partial charge in [-0.15, -0.1) is 11.3 Å². The van der Waals surface area contributed by atoms with Gasteiger partial charge in [0.2, 0.25) is 10.0 Å². The number of rotatable bonds is 7. The average molecular weight is 382 g/mol. The molecule has 7 nitrogen and oxygen atoms in total.